The second-order valence-corrected chi connectivity index (χ2v) is 10.8. The quantitative estimate of drug-likeness (QED) is 0.493. The minimum Gasteiger partial charge on any atom is -0.481 e. The SMILES string of the molecule is CN1CCN(C(=O)c2cncc(-c3csc(CNC(=O)C4(CC(=O)O)Cc5ccccc5C4)n3)c2)CC1. The number of amides is 2. The fraction of sp³-hybridized carbons (Fsp3) is 0.370. The zero-order valence-electron chi connectivity index (χ0n) is 20.6. The molecule has 5 rings (SSSR count). The van der Waals surface area contributed by atoms with E-state index in [0.717, 1.165) is 29.8 Å². The summed E-state index contributed by atoms with van der Waals surface area (Å²) in [5.74, 6) is -1.30. The minimum atomic E-state index is -1.00. The Hall–Kier alpha value is -3.63. The van der Waals surface area contributed by atoms with Gasteiger partial charge < -0.3 is 20.2 Å². The molecular weight excluding hydrogens is 490 g/mol. The molecule has 1 aliphatic carbocycles. The standard InChI is InChI=1S/C27H29N5O4S/c1-31-6-8-32(9-7-31)25(35)21-10-20(14-28-15-21)22-17-37-23(30-22)16-29-26(36)27(13-24(33)34)11-18-4-2-3-5-19(18)12-27/h2-5,10,14-15,17H,6-9,11-13,16H2,1H3,(H,29,36)(H,33,34). The molecule has 9 nitrogen and oxygen atoms in total. The van der Waals surface area contributed by atoms with Crippen LogP contribution in [0.25, 0.3) is 11.3 Å². The van der Waals surface area contributed by atoms with Gasteiger partial charge in [-0.3, -0.25) is 19.4 Å². The van der Waals surface area contributed by atoms with Crippen molar-refractivity contribution in [1.29, 1.82) is 0 Å². The van der Waals surface area contributed by atoms with Gasteiger partial charge in [-0.2, -0.15) is 0 Å². The zero-order valence-corrected chi connectivity index (χ0v) is 21.5. The topological polar surface area (TPSA) is 116 Å². The number of fused-ring (bicyclic) bond motifs is 1. The molecule has 0 unspecified atom stereocenters. The number of benzene rings is 1. The Kier molecular flexibility index (Phi) is 7.03. The van der Waals surface area contributed by atoms with Gasteiger partial charge in [0, 0.05) is 49.5 Å². The fourth-order valence-electron chi connectivity index (χ4n) is 5.11. The van der Waals surface area contributed by atoms with Gasteiger partial charge in [0.05, 0.1) is 29.6 Å². The number of rotatable bonds is 7. The number of hydrogen-bond acceptors (Lipinski definition) is 7. The van der Waals surface area contributed by atoms with Crippen molar-refractivity contribution >= 4 is 29.1 Å². The number of piperazine rings is 1. The molecule has 0 spiro atoms. The van der Waals surface area contributed by atoms with Gasteiger partial charge in [-0.25, -0.2) is 4.98 Å². The summed E-state index contributed by atoms with van der Waals surface area (Å²) in [6.45, 7) is 3.28. The van der Waals surface area contributed by atoms with Crippen LogP contribution in [0.15, 0.2) is 48.1 Å². The zero-order chi connectivity index (χ0) is 26.0. The molecule has 3 aromatic rings. The maximum absolute atomic E-state index is 13.3. The fourth-order valence-corrected chi connectivity index (χ4v) is 5.85. The summed E-state index contributed by atoms with van der Waals surface area (Å²) in [6.07, 6.45) is 3.85. The lowest BCUT2D eigenvalue weighted by Crippen LogP contribution is -2.47. The van der Waals surface area contributed by atoms with Crippen LogP contribution >= 0.6 is 11.3 Å². The predicted molar refractivity (Wildman–Crippen MR) is 139 cm³/mol. The third-order valence-electron chi connectivity index (χ3n) is 7.17. The van der Waals surface area contributed by atoms with E-state index in [0.29, 0.717) is 42.2 Å². The third-order valence-corrected chi connectivity index (χ3v) is 8.02. The predicted octanol–water partition coefficient (Wildman–Crippen LogP) is 2.47. The summed E-state index contributed by atoms with van der Waals surface area (Å²) >= 11 is 1.40. The first-order chi connectivity index (χ1) is 17.8. The Morgan fingerprint density at radius 3 is 2.46 bits per heavy atom. The van der Waals surface area contributed by atoms with Gasteiger partial charge >= 0.3 is 5.97 Å². The monoisotopic (exact) mass is 519 g/mol. The lowest BCUT2D eigenvalue weighted by atomic mass is 9.80. The van der Waals surface area contributed by atoms with E-state index in [1.807, 2.05) is 47.7 Å². The highest BCUT2D eigenvalue weighted by Crippen LogP contribution is 2.40. The molecule has 192 valence electrons. The van der Waals surface area contributed by atoms with Crippen LogP contribution in [0.3, 0.4) is 0 Å². The van der Waals surface area contributed by atoms with Crippen LogP contribution in [0.5, 0.6) is 0 Å². The Bertz CT molecular complexity index is 1310. The Morgan fingerprint density at radius 2 is 1.78 bits per heavy atom. The lowest BCUT2D eigenvalue weighted by molar-refractivity contribution is -0.145. The molecule has 10 heteroatoms. The first kappa shape index (κ1) is 25.0. The number of aliphatic carboxylic acids is 1. The van der Waals surface area contributed by atoms with Crippen LogP contribution in [-0.2, 0) is 29.0 Å². The summed E-state index contributed by atoms with van der Waals surface area (Å²) in [7, 11) is 2.05. The second kappa shape index (κ2) is 10.4. The van der Waals surface area contributed by atoms with Crippen LogP contribution < -0.4 is 5.32 Å². The van der Waals surface area contributed by atoms with E-state index < -0.39 is 11.4 Å². The molecule has 2 amide bonds. The summed E-state index contributed by atoms with van der Waals surface area (Å²) in [5.41, 5.74) is 2.99. The number of pyridine rings is 1. The number of carbonyl (C=O) groups is 3. The normalized spacial score (nSPS) is 16.8. The average Bonchev–Trinajstić information content (AvgIpc) is 3.52. The molecule has 0 radical (unpaired) electrons. The highest BCUT2D eigenvalue weighted by Gasteiger charge is 2.45. The third kappa shape index (κ3) is 5.40. The molecule has 37 heavy (non-hydrogen) atoms. The van der Waals surface area contributed by atoms with Crippen molar-refractivity contribution in [3.63, 3.8) is 0 Å². The molecule has 1 aliphatic heterocycles. The number of carboxylic acid groups (broad SMARTS) is 1. The summed E-state index contributed by atoms with van der Waals surface area (Å²) in [6, 6.07) is 9.54. The number of nitrogens with zero attached hydrogens (tertiary/aromatic N) is 4. The Morgan fingerprint density at radius 1 is 1.08 bits per heavy atom. The van der Waals surface area contributed by atoms with E-state index in [4.69, 9.17) is 0 Å². The number of thiazole rings is 1. The minimum absolute atomic E-state index is 0.0357. The van der Waals surface area contributed by atoms with E-state index >= 15 is 0 Å². The number of likely N-dealkylation sites (N-methyl/N-ethyl adjacent to an activating group) is 1. The van der Waals surface area contributed by atoms with Gasteiger partial charge in [-0.05, 0) is 37.1 Å². The first-order valence-electron chi connectivity index (χ1n) is 12.3. The van der Waals surface area contributed by atoms with Crippen LogP contribution in [0.4, 0.5) is 0 Å². The maximum atomic E-state index is 13.3. The van der Waals surface area contributed by atoms with Crippen molar-refractivity contribution < 1.29 is 19.5 Å². The largest absolute Gasteiger partial charge is 0.481 e. The van der Waals surface area contributed by atoms with E-state index in [9.17, 15) is 19.5 Å². The Balaban J connectivity index is 1.25. The molecule has 2 aromatic heterocycles. The van der Waals surface area contributed by atoms with Crippen molar-refractivity contribution in [3.05, 3.63) is 69.8 Å². The van der Waals surface area contributed by atoms with Crippen molar-refractivity contribution in [1.82, 2.24) is 25.1 Å². The molecule has 2 aliphatic rings. The molecule has 0 atom stereocenters. The summed E-state index contributed by atoms with van der Waals surface area (Å²) < 4.78 is 0. The molecule has 1 aromatic carbocycles. The highest BCUT2D eigenvalue weighted by atomic mass is 32.1. The van der Waals surface area contributed by atoms with Gasteiger partial charge in [0.15, 0.2) is 0 Å². The molecule has 3 heterocycles. The number of aromatic nitrogens is 2. The van der Waals surface area contributed by atoms with Crippen molar-refractivity contribution in [2.24, 2.45) is 5.41 Å². The molecule has 0 saturated carbocycles. The van der Waals surface area contributed by atoms with Crippen molar-refractivity contribution in [2.75, 3.05) is 33.2 Å². The molecular formula is C27H29N5O4S. The van der Waals surface area contributed by atoms with E-state index in [2.05, 4.69) is 20.2 Å². The van der Waals surface area contributed by atoms with Crippen molar-refractivity contribution in [2.45, 2.75) is 25.8 Å². The van der Waals surface area contributed by atoms with Gasteiger partial charge in [0.25, 0.3) is 5.91 Å². The molecule has 2 N–H and O–H groups in total. The van der Waals surface area contributed by atoms with Crippen LogP contribution in [0.1, 0.15) is 32.9 Å². The number of carboxylic acids is 1. The van der Waals surface area contributed by atoms with E-state index in [1.54, 1.807) is 12.4 Å². The van der Waals surface area contributed by atoms with Gasteiger partial charge in [-0.1, -0.05) is 24.3 Å². The highest BCUT2D eigenvalue weighted by molar-refractivity contribution is 7.09. The van der Waals surface area contributed by atoms with Crippen molar-refractivity contribution in [3.8, 4) is 11.3 Å². The van der Waals surface area contributed by atoms with Crippen LogP contribution in [0, 0.1) is 5.41 Å². The molecule has 1 saturated heterocycles. The summed E-state index contributed by atoms with van der Waals surface area (Å²) in [4.78, 5) is 50.8. The van der Waals surface area contributed by atoms with Gasteiger partial charge in [0.1, 0.15) is 5.01 Å². The number of carbonyl (C=O) groups excluding carboxylic acids is 2. The number of hydrogen-bond donors (Lipinski definition) is 2. The molecule has 1 fully saturated rings. The van der Waals surface area contributed by atoms with Gasteiger partial charge in [0.2, 0.25) is 5.91 Å². The smallest absolute Gasteiger partial charge is 0.304 e. The van der Waals surface area contributed by atoms with E-state index in [1.165, 1.54) is 11.3 Å². The molecule has 0 bridgehead atoms. The average molecular weight is 520 g/mol. The van der Waals surface area contributed by atoms with Crippen LogP contribution in [0.2, 0.25) is 0 Å². The maximum Gasteiger partial charge on any atom is 0.304 e. The first-order valence-corrected chi connectivity index (χ1v) is 13.2. The lowest BCUT2D eigenvalue weighted by Gasteiger charge is -2.32. The number of nitrogens with one attached hydrogen (secondary N) is 1. The van der Waals surface area contributed by atoms with E-state index in [-0.39, 0.29) is 24.8 Å². The Labute approximate surface area is 219 Å². The van der Waals surface area contributed by atoms with Crippen LogP contribution in [-0.4, -0.2) is 75.9 Å². The van der Waals surface area contributed by atoms with Gasteiger partial charge in [-0.15, -0.1) is 11.3 Å². The summed E-state index contributed by atoms with van der Waals surface area (Å²) in [5, 5.41) is 15.0. The second-order valence-electron chi connectivity index (χ2n) is 9.84.